The number of benzene rings is 1. The van der Waals surface area contributed by atoms with Gasteiger partial charge in [0.15, 0.2) is 0 Å². The van der Waals surface area contributed by atoms with Crippen molar-refractivity contribution in [1.29, 1.82) is 0 Å². The van der Waals surface area contributed by atoms with Gasteiger partial charge in [-0.15, -0.1) is 0 Å². The Morgan fingerprint density at radius 1 is 1.23 bits per heavy atom. The summed E-state index contributed by atoms with van der Waals surface area (Å²) in [7, 11) is 0. The lowest BCUT2D eigenvalue weighted by Crippen LogP contribution is -2.42. The lowest BCUT2D eigenvalue weighted by Gasteiger charge is -2.33. The highest BCUT2D eigenvalue weighted by Crippen LogP contribution is 2.24. The molecule has 2 rings (SSSR count). The number of piperidine rings is 1. The number of carbonyl (C=O) groups is 1. The van der Waals surface area contributed by atoms with E-state index in [4.69, 9.17) is 0 Å². The van der Waals surface area contributed by atoms with Crippen LogP contribution in [0.25, 0.3) is 0 Å². The number of aliphatic hydroxyl groups excluding tert-OH is 1. The van der Waals surface area contributed by atoms with Crippen LogP contribution in [0.2, 0.25) is 0 Å². The molecule has 1 fully saturated rings. The molecule has 22 heavy (non-hydrogen) atoms. The summed E-state index contributed by atoms with van der Waals surface area (Å²) in [5, 5.41) is 12.6. The molecule has 0 saturated carbocycles. The Labute approximate surface area is 133 Å². The molecule has 1 aliphatic rings. The number of hydrogen-bond acceptors (Lipinski definition) is 2. The van der Waals surface area contributed by atoms with Crippen molar-refractivity contribution in [3.63, 3.8) is 0 Å². The predicted molar refractivity (Wildman–Crippen MR) is 90.1 cm³/mol. The van der Waals surface area contributed by atoms with E-state index in [0.717, 1.165) is 18.5 Å². The van der Waals surface area contributed by atoms with Crippen molar-refractivity contribution in [3.05, 3.63) is 29.8 Å². The molecule has 1 aromatic carbocycles. The Morgan fingerprint density at radius 3 is 2.23 bits per heavy atom. The third kappa shape index (κ3) is 4.23. The number of anilines is 1. The molecular formula is C18H28N2O2. The number of likely N-dealkylation sites (tertiary alicyclic amines) is 1. The summed E-state index contributed by atoms with van der Waals surface area (Å²) in [6.45, 7) is 9.77. The number of carbonyl (C=O) groups excluding carboxylic acids is 1. The molecule has 0 spiro atoms. The molecule has 1 atom stereocenters. The lowest BCUT2D eigenvalue weighted by molar-refractivity contribution is 0.0820. The van der Waals surface area contributed by atoms with Crippen LogP contribution in [0.4, 0.5) is 10.5 Å². The van der Waals surface area contributed by atoms with Crippen molar-refractivity contribution in [2.45, 2.75) is 52.1 Å². The minimum atomic E-state index is -0.282. The van der Waals surface area contributed by atoms with Crippen LogP contribution < -0.4 is 5.32 Å². The maximum atomic E-state index is 12.3. The van der Waals surface area contributed by atoms with E-state index in [1.165, 1.54) is 5.56 Å². The summed E-state index contributed by atoms with van der Waals surface area (Å²) in [6.07, 6.45) is 1.46. The topological polar surface area (TPSA) is 52.6 Å². The average molecular weight is 304 g/mol. The third-order valence-electron chi connectivity index (χ3n) is 4.51. The van der Waals surface area contributed by atoms with Gasteiger partial charge in [0.1, 0.15) is 0 Å². The smallest absolute Gasteiger partial charge is 0.321 e. The fourth-order valence-corrected chi connectivity index (χ4v) is 2.84. The fraction of sp³-hybridized carbons (Fsp3) is 0.611. The summed E-state index contributed by atoms with van der Waals surface area (Å²) in [5.74, 6) is 0.315. The second-order valence-corrected chi connectivity index (χ2v) is 7.32. The molecule has 0 aromatic heterocycles. The first-order valence-corrected chi connectivity index (χ1v) is 8.12. The van der Waals surface area contributed by atoms with Crippen molar-refractivity contribution in [3.8, 4) is 0 Å². The Kier molecular flexibility index (Phi) is 5.12. The number of aliphatic hydroxyl groups is 1. The second kappa shape index (κ2) is 6.69. The van der Waals surface area contributed by atoms with Gasteiger partial charge in [0.25, 0.3) is 0 Å². The number of nitrogens with one attached hydrogen (secondary N) is 1. The van der Waals surface area contributed by atoms with Crippen LogP contribution in [0.5, 0.6) is 0 Å². The van der Waals surface area contributed by atoms with Crippen LogP contribution in [-0.4, -0.2) is 35.2 Å². The minimum absolute atomic E-state index is 0.0486. The van der Waals surface area contributed by atoms with Gasteiger partial charge in [-0.05, 0) is 48.8 Å². The van der Waals surface area contributed by atoms with Crippen molar-refractivity contribution in [1.82, 2.24) is 4.90 Å². The lowest BCUT2D eigenvalue weighted by atomic mass is 9.87. The quantitative estimate of drug-likeness (QED) is 0.877. The first-order valence-electron chi connectivity index (χ1n) is 8.12. The van der Waals surface area contributed by atoms with Gasteiger partial charge in [0.2, 0.25) is 0 Å². The Morgan fingerprint density at radius 2 is 1.77 bits per heavy atom. The van der Waals surface area contributed by atoms with E-state index >= 15 is 0 Å². The molecule has 1 aliphatic heterocycles. The molecular weight excluding hydrogens is 276 g/mol. The normalized spacial score (nSPS) is 18.1. The van der Waals surface area contributed by atoms with Gasteiger partial charge in [-0.25, -0.2) is 4.79 Å². The summed E-state index contributed by atoms with van der Waals surface area (Å²) in [5.41, 5.74) is 2.20. The Balaban J connectivity index is 1.90. The van der Waals surface area contributed by atoms with Gasteiger partial charge in [0.05, 0.1) is 6.10 Å². The first-order chi connectivity index (χ1) is 10.3. The van der Waals surface area contributed by atoms with E-state index in [1.807, 2.05) is 24.0 Å². The molecule has 0 bridgehead atoms. The predicted octanol–water partition coefficient (Wildman–Crippen LogP) is 3.61. The second-order valence-electron chi connectivity index (χ2n) is 7.32. The van der Waals surface area contributed by atoms with Crippen molar-refractivity contribution >= 4 is 11.7 Å². The largest absolute Gasteiger partial charge is 0.393 e. The van der Waals surface area contributed by atoms with Crippen LogP contribution in [0.15, 0.2) is 24.3 Å². The standard InChI is InChI=1S/C18H28N2O2/c1-13(21)14-9-11-20(12-10-14)17(22)19-16-7-5-15(6-8-16)18(2,3)4/h5-8,13-14,21H,9-12H2,1-4H3,(H,19,22). The summed E-state index contributed by atoms with van der Waals surface area (Å²) in [6, 6.07) is 8.00. The zero-order chi connectivity index (χ0) is 16.3. The van der Waals surface area contributed by atoms with Gasteiger partial charge >= 0.3 is 6.03 Å². The number of rotatable bonds is 2. The molecule has 1 heterocycles. The molecule has 1 saturated heterocycles. The first kappa shape index (κ1) is 16.8. The highest BCUT2D eigenvalue weighted by Gasteiger charge is 2.25. The SMILES string of the molecule is CC(O)C1CCN(C(=O)Nc2ccc(C(C)(C)C)cc2)CC1. The van der Waals surface area contributed by atoms with E-state index in [0.29, 0.717) is 19.0 Å². The van der Waals surface area contributed by atoms with Gasteiger partial charge in [-0.1, -0.05) is 32.9 Å². The number of urea groups is 1. The maximum Gasteiger partial charge on any atom is 0.321 e. The molecule has 2 amide bonds. The third-order valence-corrected chi connectivity index (χ3v) is 4.51. The monoisotopic (exact) mass is 304 g/mol. The molecule has 1 unspecified atom stereocenters. The zero-order valence-corrected chi connectivity index (χ0v) is 14.1. The van der Waals surface area contributed by atoms with E-state index < -0.39 is 0 Å². The summed E-state index contributed by atoms with van der Waals surface area (Å²) in [4.78, 5) is 14.1. The molecule has 0 aliphatic carbocycles. The Hall–Kier alpha value is -1.55. The van der Waals surface area contributed by atoms with E-state index in [2.05, 4.69) is 38.2 Å². The number of amides is 2. The van der Waals surface area contributed by atoms with Crippen LogP contribution in [0.3, 0.4) is 0 Å². The van der Waals surface area contributed by atoms with Crippen LogP contribution >= 0.6 is 0 Å². The van der Waals surface area contributed by atoms with E-state index in [-0.39, 0.29) is 17.6 Å². The molecule has 0 radical (unpaired) electrons. The van der Waals surface area contributed by atoms with E-state index in [9.17, 15) is 9.90 Å². The summed E-state index contributed by atoms with van der Waals surface area (Å²) < 4.78 is 0. The summed E-state index contributed by atoms with van der Waals surface area (Å²) >= 11 is 0. The highest BCUT2D eigenvalue weighted by atomic mass is 16.3. The van der Waals surface area contributed by atoms with Crippen molar-refractivity contribution in [2.75, 3.05) is 18.4 Å². The van der Waals surface area contributed by atoms with Crippen LogP contribution in [0, 0.1) is 5.92 Å². The molecule has 4 nitrogen and oxygen atoms in total. The minimum Gasteiger partial charge on any atom is -0.393 e. The maximum absolute atomic E-state index is 12.3. The Bertz CT molecular complexity index is 495. The van der Waals surface area contributed by atoms with Crippen molar-refractivity contribution < 1.29 is 9.90 Å². The van der Waals surface area contributed by atoms with Gasteiger partial charge in [-0.3, -0.25) is 0 Å². The highest BCUT2D eigenvalue weighted by molar-refractivity contribution is 5.89. The number of hydrogen-bond donors (Lipinski definition) is 2. The van der Waals surface area contributed by atoms with Crippen molar-refractivity contribution in [2.24, 2.45) is 5.92 Å². The molecule has 1 aromatic rings. The molecule has 122 valence electrons. The number of nitrogens with zero attached hydrogens (tertiary/aromatic N) is 1. The van der Waals surface area contributed by atoms with Crippen LogP contribution in [-0.2, 0) is 5.41 Å². The van der Waals surface area contributed by atoms with E-state index in [1.54, 1.807) is 0 Å². The zero-order valence-electron chi connectivity index (χ0n) is 14.1. The van der Waals surface area contributed by atoms with Gasteiger partial charge in [-0.2, -0.15) is 0 Å². The van der Waals surface area contributed by atoms with Gasteiger partial charge in [0, 0.05) is 18.8 Å². The molecule has 2 N–H and O–H groups in total. The van der Waals surface area contributed by atoms with Crippen LogP contribution in [0.1, 0.15) is 46.1 Å². The molecule has 4 heteroatoms. The average Bonchev–Trinajstić information content (AvgIpc) is 2.47. The fourth-order valence-electron chi connectivity index (χ4n) is 2.84. The van der Waals surface area contributed by atoms with Gasteiger partial charge < -0.3 is 15.3 Å².